The molecule has 0 bridgehead atoms. The maximum Gasteiger partial charge on any atom is 0.238 e. The molecule has 7 nitrogen and oxygen atoms in total. The third-order valence-corrected chi connectivity index (χ3v) is 18.0. The third-order valence-electron chi connectivity index (χ3n) is 16.9. The number of fused-ring (bicyclic) bond motifs is 15. The SMILES string of the molecule is c1ccc(-c2nc(-c3ccccc3)nc(-n3c4ccc(-c5ccc6sc7ccc(-c8ccc9c(c8)c8cc%10oc%11ccccc%11c%10cc8n9-c8ccccc8)cc7c6c5)cc4c4cc5c(cc43)c3ccccc3n5-c3ccccc3)n2)cc1. The Morgan fingerprint density at radius 2 is 0.663 bits per heavy atom. The van der Waals surface area contributed by atoms with Gasteiger partial charge in [0, 0.05) is 85.8 Å². The van der Waals surface area contributed by atoms with Crippen molar-refractivity contribution in [2.24, 2.45) is 0 Å². The van der Waals surface area contributed by atoms with E-state index in [1.807, 2.05) is 53.8 Å². The van der Waals surface area contributed by atoms with Gasteiger partial charge in [-0.15, -0.1) is 11.3 Å². The van der Waals surface area contributed by atoms with Crippen molar-refractivity contribution in [1.29, 1.82) is 0 Å². The average Bonchev–Trinajstić information content (AvgIpc) is 4.20. The monoisotopic (exact) mass is 1080 g/mol. The molecule has 0 aliphatic carbocycles. The van der Waals surface area contributed by atoms with Crippen molar-refractivity contribution in [3.63, 3.8) is 0 Å². The van der Waals surface area contributed by atoms with Crippen LogP contribution in [-0.4, -0.2) is 28.7 Å². The zero-order valence-corrected chi connectivity index (χ0v) is 45.2. The molecule has 386 valence electrons. The van der Waals surface area contributed by atoms with Gasteiger partial charge in [-0.2, -0.15) is 9.97 Å². The molecule has 83 heavy (non-hydrogen) atoms. The van der Waals surface area contributed by atoms with Gasteiger partial charge in [0.1, 0.15) is 11.2 Å². The molecule has 6 heterocycles. The minimum atomic E-state index is 0.558. The molecule has 8 heteroatoms. The normalized spacial score (nSPS) is 12.1. The zero-order chi connectivity index (χ0) is 54.3. The van der Waals surface area contributed by atoms with E-state index in [0.717, 1.165) is 110 Å². The van der Waals surface area contributed by atoms with Gasteiger partial charge >= 0.3 is 0 Å². The number of benzene rings is 12. The third kappa shape index (κ3) is 7.06. The molecule has 0 aliphatic heterocycles. The number of thiophene rings is 1. The summed E-state index contributed by atoms with van der Waals surface area (Å²) in [6.07, 6.45) is 0. The summed E-state index contributed by atoms with van der Waals surface area (Å²) in [5, 5.41) is 11.6. The van der Waals surface area contributed by atoms with Gasteiger partial charge in [0.05, 0.1) is 33.1 Å². The number of hydrogen-bond acceptors (Lipinski definition) is 5. The Bertz CT molecular complexity index is 5620. The van der Waals surface area contributed by atoms with Crippen LogP contribution in [0.15, 0.2) is 271 Å². The standard InChI is InChI=1S/C75H44N6OS/c1-5-17-45(18-6-1)73-76-74(46-19-7-2-8-20-46)78-75(77-73)81-65-34-30-48(37-55(65)58-42-66-57(41-68(58)81)53-25-13-15-27-63(53)79(66)51-21-9-3-10-22-51)50-32-36-72-62(40-50)61-39-49(31-35-71(61)83-72)47-29-33-64-56(38-47)59-44-70-60(54-26-14-16-28-69(54)82-70)43-67(59)80(64)52-23-11-4-12-24-52/h1-44H. The fraction of sp³-hybridized carbons (Fsp3) is 0. The molecule has 0 unspecified atom stereocenters. The zero-order valence-electron chi connectivity index (χ0n) is 44.4. The number of nitrogens with zero attached hydrogens (tertiary/aromatic N) is 6. The maximum atomic E-state index is 6.48. The lowest BCUT2D eigenvalue weighted by atomic mass is 9.98. The quantitative estimate of drug-likeness (QED) is 0.159. The summed E-state index contributed by atoms with van der Waals surface area (Å²) in [4.78, 5) is 15.7. The van der Waals surface area contributed by atoms with Gasteiger partial charge in [-0.25, -0.2) is 4.98 Å². The van der Waals surface area contributed by atoms with Crippen molar-refractivity contribution in [2.75, 3.05) is 0 Å². The highest BCUT2D eigenvalue weighted by Crippen LogP contribution is 2.45. The lowest BCUT2D eigenvalue weighted by Crippen LogP contribution is -2.06. The van der Waals surface area contributed by atoms with Crippen molar-refractivity contribution in [3.05, 3.63) is 267 Å². The van der Waals surface area contributed by atoms with E-state index < -0.39 is 0 Å². The molecule has 0 radical (unpaired) electrons. The van der Waals surface area contributed by atoms with Crippen molar-refractivity contribution in [1.82, 2.24) is 28.7 Å². The number of hydrogen-bond donors (Lipinski definition) is 0. The van der Waals surface area contributed by atoms with Crippen molar-refractivity contribution >= 4 is 119 Å². The van der Waals surface area contributed by atoms with Gasteiger partial charge < -0.3 is 13.6 Å². The molecular weight excluding hydrogens is 1030 g/mol. The van der Waals surface area contributed by atoms with Gasteiger partial charge in [0.2, 0.25) is 5.95 Å². The van der Waals surface area contributed by atoms with Crippen molar-refractivity contribution in [3.8, 4) is 62.4 Å². The Labute approximate surface area is 478 Å². The van der Waals surface area contributed by atoms with Crippen LogP contribution in [0, 0.1) is 0 Å². The van der Waals surface area contributed by atoms with Crippen LogP contribution in [-0.2, 0) is 0 Å². The Morgan fingerprint density at radius 3 is 1.24 bits per heavy atom. The Morgan fingerprint density at radius 1 is 0.253 bits per heavy atom. The second-order valence-corrected chi connectivity index (χ2v) is 22.6. The summed E-state index contributed by atoms with van der Waals surface area (Å²) in [6, 6.07) is 95.9. The fourth-order valence-electron chi connectivity index (χ4n) is 13.0. The first kappa shape index (κ1) is 45.9. The molecule has 0 amide bonds. The molecule has 0 aliphatic rings. The molecular formula is C75H44N6OS. The van der Waals surface area contributed by atoms with Gasteiger partial charge in [0.15, 0.2) is 11.6 Å². The van der Waals surface area contributed by atoms with Gasteiger partial charge in [-0.1, -0.05) is 158 Å². The topological polar surface area (TPSA) is 66.6 Å². The first-order valence-corrected chi connectivity index (χ1v) is 28.8. The van der Waals surface area contributed by atoms with Crippen LogP contribution in [0.3, 0.4) is 0 Å². The molecule has 0 N–H and O–H groups in total. The van der Waals surface area contributed by atoms with Crippen LogP contribution in [0.25, 0.3) is 170 Å². The second-order valence-electron chi connectivity index (χ2n) is 21.5. The summed E-state index contributed by atoms with van der Waals surface area (Å²) in [5.74, 6) is 1.79. The van der Waals surface area contributed by atoms with E-state index in [2.05, 4.69) is 238 Å². The van der Waals surface area contributed by atoms with Crippen molar-refractivity contribution < 1.29 is 4.42 Å². The minimum absolute atomic E-state index is 0.558. The smallest absolute Gasteiger partial charge is 0.238 e. The Hall–Kier alpha value is -10.9. The fourth-order valence-corrected chi connectivity index (χ4v) is 14.1. The lowest BCUT2D eigenvalue weighted by molar-refractivity contribution is 0.669. The molecule has 0 spiro atoms. The Balaban J connectivity index is 0.821. The van der Waals surface area contributed by atoms with Gasteiger partial charge in [-0.05, 0) is 131 Å². The predicted molar refractivity (Wildman–Crippen MR) is 345 cm³/mol. The predicted octanol–water partition coefficient (Wildman–Crippen LogP) is 20.1. The second kappa shape index (κ2) is 17.8. The highest BCUT2D eigenvalue weighted by Gasteiger charge is 2.23. The van der Waals surface area contributed by atoms with E-state index in [0.29, 0.717) is 17.6 Å². The lowest BCUT2D eigenvalue weighted by Gasteiger charge is -2.11. The van der Waals surface area contributed by atoms with E-state index in [1.54, 1.807) is 0 Å². The molecule has 0 atom stereocenters. The minimum Gasteiger partial charge on any atom is -0.456 e. The highest BCUT2D eigenvalue weighted by atomic mass is 32.1. The number of furan rings is 1. The summed E-state index contributed by atoms with van der Waals surface area (Å²) < 4.78 is 16.0. The highest BCUT2D eigenvalue weighted by molar-refractivity contribution is 7.25. The summed E-state index contributed by atoms with van der Waals surface area (Å²) in [7, 11) is 0. The summed E-state index contributed by atoms with van der Waals surface area (Å²) >= 11 is 1.85. The largest absolute Gasteiger partial charge is 0.456 e. The van der Waals surface area contributed by atoms with Gasteiger partial charge in [-0.3, -0.25) is 4.57 Å². The number of rotatable bonds is 7. The van der Waals surface area contributed by atoms with Crippen LogP contribution in [0.2, 0.25) is 0 Å². The molecule has 18 aromatic rings. The first-order chi connectivity index (χ1) is 41.1. The van der Waals surface area contributed by atoms with Crippen LogP contribution >= 0.6 is 11.3 Å². The molecule has 18 rings (SSSR count). The van der Waals surface area contributed by atoms with E-state index >= 15 is 0 Å². The maximum absolute atomic E-state index is 6.48. The molecule has 6 aromatic heterocycles. The summed E-state index contributed by atoms with van der Waals surface area (Å²) in [6.45, 7) is 0. The Kier molecular flexibility index (Phi) is 9.83. The van der Waals surface area contributed by atoms with Crippen molar-refractivity contribution in [2.45, 2.75) is 0 Å². The van der Waals surface area contributed by atoms with Crippen LogP contribution < -0.4 is 0 Å². The van der Waals surface area contributed by atoms with Crippen LogP contribution in [0.5, 0.6) is 0 Å². The number of para-hydroxylation sites is 4. The molecule has 0 fully saturated rings. The molecule has 12 aromatic carbocycles. The number of aromatic nitrogens is 6. The van der Waals surface area contributed by atoms with E-state index in [9.17, 15) is 0 Å². The van der Waals surface area contributed by atoms with E-state index in [1.165, 1.54) is 42.1 Å². The van der Waals surface area contributed by atoms with Gasteiger partial charge in [0.25, 0.3) is 0 Å². The van der Waals surface area contributed by atoms with E-state index in [-0.39, 0.29) is 0 Å². The van der Waals surface area contributed by atoms with E-state index in [4.69, 9.17) is 19.4 Å². The summed E-state index contributed by atoms with van der Waals surface area (Å²) in [5.41, 5.74) is 17.1. The molecule has 0 saturated heterocycles. The molecule has 0 saturated carbocycles. The average molecular weight is 1080 g/mol. The first-order valence-electron chi connectivity index (χ1n) is 28.0. The van der Waals surface area contributed by atoms with Crippen LogP contribution in [0.1, 0.15) is 0 Å². The van der Waals surface area contributed by atoms with Crippen LogP contribution in [0.4, 0.5) is 0 Å².